The summed E-state index contributed by atoms with van der Waals surface area (Å²) < 4.78 is 27.3. The molecule has 0 saturated heterocycles. The van der Waals surface area contributed by atoms with Gasteiger partial charge in [0.05, 0.1) is 12.4 Å². The van der Waals surface area contributed by atoms with E-state index in [1.807, 2.05) is 55.5 Å². The summed E-state index contributed by atoms with van der Waals surface area (Å²) in [4.78, 5) is 16.1. The molecule has 4 rings (SSSR count). The molecular weight excluding hydrogens is 402 g/mol. The minimum Gasteiger partial charge on any atom is -0.395 e. The molecule has 1 aliphatic rings. The number of nitrogens with one attached hydrogen (secondary N) is 3. The number of carbonyl (C=O) groups excluding carboxylic acids is 1. The summed E-state index contributed by atoms with van der Waals surface area (Å²) in [7, 11) is -3.60. The number of hydrogen-bond acceptors (Lipinski definition) is 4. The number of aromatic amines is 1. The van der Waals surface area contributed by atoms with Crippen LogP contribution in [0.4, 0.5) is 0 Å². The van der Waals surface area contributed by atoms with E-state index in [1.54, 1.807) is 0 Å². The lowest BCUT2D eigenvalue weighted by molar-refractivity contribution is 0.0930. The molecule has 1 aliphatic carbocycles. The Labute approximate surface area is 175 Å². The number of sulfonamides is 1. The van der Waals surface area contributed by atoms with Gasteiger partial charge in [-0.2, -0.15) is 0 Å². The van der Waals surface area contributed by atoms with Crippen LogP contribution in [0.3, 0.4) is 0 Å². The van der Waals surface area contributed by atoms with Crippen LogP contribution in [0.5, 0.6) is 0 Å². The van der Waals surface area contributed by atoms with Crippen LogP contribution in [0.15, 0.2) is 48.5 Å². The molecule has 158 valence electrons. The highest BCUT2D eigenvalue weighted by Crippen LogP contribution is 2.34. The fourth-order valence-electron chi connectivity index (χ4n) is 4.15. The maximum Gasteiger partial charge on any atom is 0.267 e. The monoisotopic (exact) mass is 427 g/mol. The molecule has 0 radical (unpaired) electrons. The van der Waals surface area contributed by atoms with Crippen LogP contribution in [0.1, 0.15) is 33.1 Å². The first kappa shape index (κ1) is 20.6. The smallest absolute Gasteiger partial charge is 0.267 e. The van der Waals surface area contributed by atoms with Crippen molar-refractivity contribution in [3.8, 4) is 0 Å². The Morgan fingerprint density at radius 1 is 1.20 bits per heavy atom. The lowest BCUT2D eigenvalue weighted by Gasteiger charge is -2.22. The third kappa shape index (κ3) is 4.26. The number of rotatable bonds is 7. The maximum atomic E-state index is 12.9. The van der Waals surface area contributed by atoms with E-state index in [4.69, 9.17) is 5.11 Å². The Morgan fingerprint density at radius 2 is 2.00 bits per heavy atom. The molecule has 1 amide bonds. The van der Waals surface area contributed by atoms with E-state index in [1.165, 1.54) is 0 Å². The second kappa shape index (κ2) is 8.22. The maximum absolute atomic E-state index is 12.9. The molecule has 0 fully saturated rings. The van der Waals surface area contributed by atoms with Crippen molar-refractivity contribution >= 4 is 26.8 Å². The molecule has 2 aromatic carbocycles. The van der Waals surface area contributed by atoms with Gasteiger partial charge in [-0.05, 0) is 42.7 Å². The van der Waals surface area contributed by atoms with Gasteiger partial charge >= 0.3 is 0 Å². The Morgan fingerprint density at radius 3 is 2.80 bits per heavy atom. The van der Waals surface area contributed by atoms with Gasteiger partial charge < -0.3 is 15.4 Å². The summed E-state index contributed by atoms with van der Waals surface area (Å²) in [6, 6.07) is 15.1. The van der Waals surface area contributed by atoms with Crippen molar-refractivity contribution in [3.63, 3.8) is 0 Å². The average molecular weight is 428 g/mol. The third-order valence-corrected chi connectivity index (χ3v) is 6.99. The first-order valence-electron chi connectivity index (χ1n) is 9.92. The molecule has 1 heterocycles. The van der Waals surface area contributed by atoms with Crippen LogP contribution in [0.25, 0.3) is 10.9 Å². The van der Waals surface area contributed by atoms with E-state index in [0.717, 1.165) is 27.6 Å². The molecular formula is C22H25N3O4S. The van der Waals surface area contributed by atoms with Crippen LogP contribution in [-0.4, -0.2) is 49.4 Å². The molecule has 8 heteroatoms. The Bertz CT molecular complexity index is 1190. The lowest BCUT2D eigenvalue weighted by Crippen LogP contribution is -2.42. The van der Waals surface area contributed by atoms with Crippen LogP contribution in [0, 0.1) is 6.92 Å². The van der Waals surface area contributed by atoms with E-state index in [9.17, 15) is 13.2 Å². The van der Waals surface area contributed by atoms with Crippen molar-refractivity contribution < 1.29 is 18.3 Å². The van der Waals surface area contributed by atoms with E-state index in [0.29, 0.717) is 12.1 Å². The van der Waals surface area contributed by atoms with Crippen molar-refractivity contribution in [1.29, 1.82) is 0 Å². The number of carbonyl (C=O) groups is 1. The summed E-state index contributed by atoms with van der Waals surface area (Å²) in [5.41, 5.74) is 4.42. The average Bonchev–Trinajstić information content (AvgIpc) is 3.27. The van der Waals surface area contributed by atoms with Crippen LogP contribution >= 0.6 is 0 Å². The van der Waals surface area contributed by atoms with Gasteiger partial charge in [0, 0.05) is 29.4 Å². The van der Waals surface area contributed by atoms with Gasteiger partial charge in [-0.1, -0.05) is 35.9 Å². The molecule has 7 nitrogen and oxygen atoms in total. The molecule has 0 aliphatic heterocycles. The minimum absolute atomic E-state index is 0.0256. The van der Waals surface area contributed by atoms with Crippen molar-refractivity contribution in [1.82, 2.24) is 15.0 Å². The zero-order chi connectivity index (χ0) is 21.3. The Hall–Kier alpha value is -2.68. The predicted octanol–water partition coefficient (Wildman–Crippen LogP) is 1.83. The molecule has 4 N–H and O–H groups in total. The van der Waals surface area contributed by atoms with Gasteiger partial charge in [0.1, 0.15) is 5.69 Å². The lowest BCUT2D eigenvalue weighted by atomic mass is 10.0. The van der Waals surface area contributed by atoms with Gasteiger partial charge in [0.15, 0.2) is 0 Å². The van der Waals surface area contributed by atoms with Gasteiger partial charge in [-0.3, -0.25) is 4.79 Å². The molecule has 0 bridgehead atoms. The van der Waals surface area contributed by atoms with E-state index in [-0.39, 0.29) is 36.8 Å². The summed E-state index contributed by atoms with van der Waals surface area (Å²) >= 11 is 0. The van der Waals surface area contributed by atoms with Crippen LogP contribution in [0.2, 0.25) is 0 Å². The van der Waals surface area contributed by atoms with Crippen molar-refractivity contribution in [3.05, 3.63) is 70.9 Å². The molecule has 0 spiro atoms. The number of aliphatic hydroxyl groups excluding tert-OH is 1. The predicted molar refractivity (Wildman–Crippen MR) is 116 cm³/mol. The molecule has 30 heavy (non-hydrogen) atoms. The fourth-order valence-corrected chi connectivity index (χ4v) is 5.56. The summed E-state index contributed by atoms with van der Waals surface area (Å²) in [6.07, 6.45) is 0.571. The first-order valence-corrected chi connectivity index (χ1v) is 11.6. The zero-order valence-electron chi connectivity index (χ0n) is 16.7. The van der Waals surface area contributed by atoms with Gasteiger partial charge in [0.25, 0.3) is 5.91 Å². The number of aliphatic hydroxyl groups is 1. The minimum atomic E-state index is -3.60. The molecule has 0 unspecified atom stereocenters. The highest BCUT2D eigenvalue weighted by Gasteiger charge is 2.36. The largest absolute Gasteiger partial charge is 0.395 e. The SMILES string of the molecule is Cc1ccc2[nH]c(C(=O)N[C@@H]3Cc4ccccc4[C@@H]3CS(=O)(=O)NCCO)cc2c1. The quantitative estimate of drug-likeness (QED) is 0.461. The Balaban J connectivity index is 1.57. The summed E-state index contributed by atoms with van der Waals surface area (Å²) in [5.74, 6) is -0.777. The van der Waals surface area contributed by atoms with E-state index >= 15 is 0 Å². The van der Waals surface area contributed by atoms with Gasteiger partial charge in [0.2, 0.25) is 10.0 Å². The van der Waals surface area contributed by atoms with E-state index < -0.39 is 10.0 Å². The topological polar surface area (TPSA) is 111 Å². The van der Waals surface area contributed by atoms with Gasteiger partial charge in [-0.15, -0.1) is 0 Å². The fraction of sp³-hybridized carbons (Fsp3) is 0.318. The first-order chi connectivity index (χ1) is 14.4. The summed E-state index contributed by atoms with van der Waals surface area (Å²) in [5, 5.41) is 12.9. The number of aryl methyl sites for hydroxylation is 1. The number of H-pyrrole nitrogens is 1. The number of fused-ring (bicyclic) bond motifs is 2. The molecule has 3 aromatic rings. The number of benzene rings is 2. The third-order valence-electron chi connectivity index (χ3n) is 5.55. The zero-order valence-corrected chi connectivity index (χ0v) is 17.5. The highest BCUT2D eigenvalue weighted by atomic mass is 32.2. The van der Waals surface area contributed by atoms with Crippen molar-refractivity contribution in [2.75, 3.05) is 18.9 Å². The van der Waals surface area contributed by atoms with Crippen molar-refractivity contribution in [2.24, 2.45) is 0 Å². The summed E-state index contributed by atoms with van der Waals surface area (Å²) in [6.45, 7) is 1.71. The highest BCUT2D eigenvalue weighted by molar-refractivity contribution is 7.89. The number of hydrogen-bond donors (Lipinski definition) is 4. The van der Waals surface area contributed by atoms with Crippen LogP contribution < -0.4 is 10.0 Å². The van der Waals surface area contributed by atoms with Crippen LogP contribution in [-0.2, 0) is 16.4 Å². The van der Waals surface area contributed by atoms with Crippen molar-refractivity contribution in [2.45, 2.75) is 25.3 Å². The molecule has 0 saturated carbocycles. The van der Waals surface area contributed by atoms with Gasteiger partial charge in [-0.25, -0.2) is 13.1 Å². The molecule has 2 atom stereocenters. The normalized spacial score (nSPS) is 18.5. The van der Waals surface area contributed by atoms with E-state index in [2.05, 4.69) is 15.0 Å². The Kier molecular flexibility index (Phi) is 5.64. The number of aromatic nitrogens is 1. The number of amides is 1. The second-order valence-electron chi connectivity index (χ2n) is 7.76. The standard InChI is InChI=1S/C22H25N3O4S/c1-14-6-7-19-16(10-14)12-21(24-19)22(27)25-20-11-15-4-2-3-5-17(15)18(20)13-30(28,29)23-8-9-26/h2-7,10,12,18,20,23-24,26H,8-9,11,13H2,1H3,(H,25,27)/t18-,20+/m0/s1. The molecule has 1 aromatic heterocycles. The second-order valence-corrected chi connectivity index (χ2v) is 9.61.